The molecule has 32 heavy (non-hydrogen) atoms. The number of amides is 1. The fourth-order valence-electron chi connectivity index (χ4n) is 4.53. The van der Waals surface area contributed by atoms with E-state index in [-0.39, 0.29) is 24.0 Å². The van der Waals surface area contributed by atoms with Gasteiger partial charge in [0.2, 0.25) is 0 Å². The van der Waals surface area contributed by atoms with Gasteiger partial charge in [-0.3, -0.25) is 9.48 Å². The van der Waals surface area contributed by atoms with Crippen molar-refractivity contribution in [1.29, 1.82) is 0 Å². The molecule has 1 saturated carbocycles. The lowest BCUT2D eigenvalue weighted by Crippen LogP contribution is -2.25. The second-order valence-electron chi connectivity index (χ2n) is 8.34. The van der Waals surface area contributed by atoms with Crippen LogP contribution in [0.2, 0.25) is 0 Å². The van der Waals surface area contributed by atoms with Crippen molar-refractivity contribution in [3.63, 3.8) is 0 Å². The zero-order valence-corrected chi connectivity index (χ0v) is 18.0. The maximum absolute atomic E-state index is 14.2. The Balaban J connectivity index is 1.39. The van der Waals surface area contributed by atoms with Crippen molar-refractivity contribution >= 4 is 17.1 Å². The minimum atomic E-state index is -0.368. The van der Waals surface area contributed by atoms with E-state index < -0.39 is 0 Å². The highest BCUT2D eigenvalue weighted by molar-refractivity contribution is 6.02. The van der Waals surface area contributed by atoms with Crippen molar-refractivity contribution in [1.82, 2.24) is 34.6 Å². The monoisotopic (exact) mass is 433 g/mol. The van der Waals surface area contributed by atoms with Crippen LogP contribution in [0, 0.1) is 5.82 Å². The first kappa shape index (κ1) is 20.3. The Morgan fingerprint density at radius 1 is 1.16 bits per heavy atom. The summed E-state index contributed by atoms with van der Waals surface area (Å²) in [6, 6.07) is 4.71. The lowest BCUT2D eigenvalue weighted by molar-refractivity contribution is 0.0947. The van der Waals surface area contributed by atoms with E-state index in [2.05, 4.69) is 25.4 Å². The number of carbonyl (C=O) groups is 1. The Morgan fingerprint density at radius 3 is 2.72 bits per heavy atom. The topological polar surface area (TPSA) is 90.5 Å². The minimum Gasteiger partial charge on any atom is -0.347 e. The van der Waals surface area contributed by atoms with Gasteiger partial charge in [-0.1, -0.05) is 12.8 Å². The number of aryl methyl sites for hydroxylation is 2. The number of benzene rings is 1. The number of nitrogens with zero attached hydrogens (tertiary/aromatic N) is 6. The maximum Gasteiger partial charge on any atom is 0.272 e. The molecular formula is C23H24FN7O. The second-order valence-corrected chi connectivity index (χ2v) is 8.34. The number of fused-ring (bicyclic) bond motifs is 1. The molecule has 0 atom stereocenters. The average molecular weight is 433 g/mol. The Labute approximate surface area is 184 Å². The van der Waals surface area contributed by atoms with Crippen molar-refractivity contribution in [2.24, 2.45) is 14.1 Å². The molecule has 0 aliphatic heterocycles. The number of imidazole rings is 1. The maximum atomic E-state index is 14.2. The standard InChI is InChI=1S/C23H24FN7O/c1-30-12-17(11-28-30)16-7-14(8-18(24)9-16)10-25-23(32)19-20-21(27-13-26-19)29-22(31(20)2)15-5-3-4-6-15/h7-9,11-13,15H,3-6,10H2,1-2H3,(H,25,32). The first-order chi connectivity index (χ1) is 15.5. The third kappa shape index (κ3) is 3.74. The van der Waals surface area contributed by atoms with Crippen LogP contribution in [0.15, 0.2) is 36.9 Å². The largest absolute Gasteiger partial charge is 0.347 e. The number of rotatable bonds is 5. The Hall–Kier alpha value is -3.62. The van der Waals surface area contributed by atoms with Crippen molar-refractivity contribution in [3.8, 4) is 11.1 Å². The molecule has 8 nitrogen and oxygen atoms in total. The highest BCUT2D eigenvalue weighted by Crippen LogP contribution is 2.34. The van der Waals surface area contributed by atoms with E-state index in [0.717, 1.165) is 24.2 Å². The smallest absolute Gasteiger partial charge is 0.272 e. The molecule has 1 aliphatic carbocycles. The van der Waals surface area contributed by atoms with Crippen LogP contribution >= 0.6 is 0 Å². The van der Waals surface area contributed by atoms with E-state index in [4.69, 9.17) is 0 Å². The highest BCUT2D eigenvalue weighted by Gasteiger charge is 2.25. The van der Waals surface area contributed by atoms with Crippen LogP contribution in [-0.2, 0) is 20.6 Å². The predicted molar refractivity (Wildman–Crippen MR) is 117 cm³/mol. The van der Waals surface area contributed by atoms with Gasteiger partial charge in [-0.15, -0.1) is 0 Å². The Kier molecular flexibility index (Phi) is 5.16. The van der Waals surface area contributed by atoms with Crippen molar-refractivity contribution in [2.45, 2.75) is 38.1 Å². The first-order valence-electron chi connectivity index (χ1n) is 10.7. The molecule has 0 bridgehead atoms. The van der Waals surface area contributed by atoms with Gasteiger partial charge in [-0.2, -0.15) is 5.10 Å². The van der Waals surface area contributed by atoms with Crippen molar-refractivity contribution in [2.75, 3.05) is 0 Å². The predicted octanol–water partition coefficient (Wildman–Crippen LogP) is 3.49. The van der Waals surface area contributed by atoms with E-state index in [9.17, 15) is 9.18 Å². The molecule has 4 aromatic rings. The molecule has 0 saturated heterocycles. The zero-order valence-electron chi connectivity index (χ0n) is 18.0. The molecule has 9 heteroatoms. The molecule has 0 unspecified atom stereocenters. The van der Waals surface area contributed by atoms with Gasteiger partial charge in [0.25, 0.3) is 5.91 Å². The fourth-order valence-corrected chi connectivity index (χ4v) is 4.53. The van der Waals surface area contributed by atoms with Crippen molar-refractivity contribution in [3.05, 3.63) is 59.8 Å². The molecule has 1 aliphatic rings. The molecule has 3 aromatic heterocycles. The number of halogens is 1. The summed E-state index contributed by atoms with van der Waals surface area (Å²) in [5, 5.41) is 7.00. The second kappa shape index (κ2) is 8.14. The third-order valence-corrected chi connectivity index (χ3v) is 6.09. The SMILES string of the molecule is Cn1cc(-c2cc(F)cc(CNC(=O)c3ncnc4nc(C5CCCC5)n(C)c34)c2)cn1. The van der Waals surface area contributed by atoms with Gasteiger partial charge >= 0.3 is 0 Å². The zero-order chi connectivity index (χ0) is 22.2. The van der Waals surface area contributed by atoms with Crippen LogP contribution in [0.4, 0.5) is 4.39 Å². The summed E-state index contributed by atoms with van der Waals surface area (Å²) in [5.74, 6) is 0.639. The van der Waals surface area contributed by atoms with Gasteiger partial charge in [0.15, 0.2) is 11.3 Å². The van der Waals surface area contributed by atoms with E-state index in [1.807, 2.05) is 30.9 Å². The molecule has 1 amide bonds. The van der Waals surface area contributed by atoms with Gasteiger partial charge in [0.1, 0.15) is 23.5 Å². The lowest BCUT2D eigenvalue weighted by Gasteiger charge is -2.10. The normalized spacial score (nSPS) is 14.3. The van der Waals surface area contributed by atoms with Crippen LogP contribution in [0.1, 0.15) is 53.5 Å². The number of nitrogens with one attached hydrogen (secondary N) is 1. The van der Waals surface area contributed by atoms with Gasteiger partial charge in [0.05, 0.1) is 6.20 Å². The summed E-state index contributed by atoms with van der Waals surface area (Å²) in [7, 11) is 3.72. The molecule has 1 fully saturated rings. The van der Waals surface area contributed by atoms with Crippen LogP contribution in [0.5, 0.6) is 0 Å². The Morgan fingerprint density at radius 2 is 1.97 bits per heavy atom. The van der Waals surface area contributed by atoms with Crippen molar-refractivity contribution < 1.29 is 9.18 Å². The molecule has 164 valence electrons. The van der Waals surface area contributed by atoms with Gasteiger partial charge in [0, 0.05) is 38.3 Å². The molecular weight excluding hydrogens is 409 g/mol. The first-order valence-corrected chi connectivity index (χ1v) is 10.7. The summed E-state index contributed by atoms with van der Waals surface area (Å²) in [6.07, 6.45) is 9.46. The molecule has 5 rings (SSSR count). The van der Waals surface area contributed by atoms with Crippen LogP contribution in [0.3, 0.4) is 0 Å². The van der Waals surface area contributed by atoms with Crippen LogP contribution in [0.25, 0.3) is 22.3 Å². The Bertz CT molecular complexity index is 1300. The van der Waals surface area contributed by atoms with E-state index in [1.54, 1.807) is 10.9 Å². The molecule has 0 radical (unpaired) electrons. The van der Waals surface area contributed by atoms with Crippen LogP contribution < -0.4 is 5.32 Å². The average Bonchev–Trinajstić information content (AvgIpc) is 3.52. The number of hydrogen-bond donors (Lipinski definition) is 1. The quantitative estimate of drug-likeness (QED) is 0.520. The highest BCUT2D eigenvalue weighted by atomic mass is 19.1. The number of aromatic nitrogens is 6. The summed E-state index contributed by atoms with van der Waals surface area (Å²) in [6.45, 7) is 0.169. The van der Waals surface area contributed by atoms with Crippen LogP contribution in [-0.4, -0.2) is 35.2 Å². The number of hydrogen-bond acceptors (Lipinski definition) is 5. The molecule has 3 heterocycles. The summed E-state index contributed by atoms with van der Waals surface area (Å²) >= 11 is 0. The summed E-state index contributed by atoms with van der Waals surface area (Å²) in [4.78, 5) is 26.2. The number of carbonyl (C=O) groups excluding carboxylic acids is 1. The van der Waals surface area contributed by atoms with E-state index in [0.29, 0.717) is 28.2 Å². The van der Waals surface area contributed by atoms with Gasteiger partial charge in [-0.05, 0) is 42.2 Å². The summed E-state index contributed by atoms with van der Waals surface area (Å²) < 4.78 is 17.8. The third-order valence-electron chi connectivity index (χ3n) is 6.09. The fraction of sp³-hybridized carbons (Fsp3) is 0.348. The van der Waals surface area contributed by atoms with E-state index in [1.165, 1.54) is 31.3 Å². The molecule has 1 N–H and O–H groups in total. The van der Waals surface area contributed by atoms with Gasteiger partial charge in [-0.25, -0.2) is 19.3 Å². The lowest BCUT2D eigenvalue weighted by atomic mass is 10.1. The summed E-state index contributed by atoms with van der Waals surface area (Å²) in [5.41, 5.74) is 3.60. The molecule has 0 spiro atoms. The minimum absolute atomic E-state index is 0.169. The van der Waals surface area contributed by atoms with Gasteiger partial charge < -0.3 is 9.88 Å². The van der Waals surface area contributed by atoms with E-state index >= 15 is 0 Å². The molecule has 1 aromatic carbocycles.